The van der Waals surface area contributed by atoms with E-state index in [1.165, 1.54) is 56.4 Å². The normalized spacial score (nSPS) is 19.7. The second kappa shape index (κ2) is 12.9. The molecule has 0 aromatic heterocycles. The molecule has 2 aliphatic heterocycles. The fraction of sp³-hybridized carbons (Fsp3) is 0.708. The minimum absolute atomic E-state index is 0.331. The first-order chi connectivity index (χ1) is 14.8. The molecule has 6 nitrogen and oxygen atoms in total. The van der Waals surface area contributed by atoms with Crippen molar-refractivity contribution in [3.05, 3.63) is 35.4 Å². The Kier molecular flexibility index (Phi) is 9.93. The van der Waals surface area contributed by atoms with Crippen LogP contribution >= 0.6 is 0 Å². The average Bonchev–Trinajstić information content (AvgIpc) is 2.81. The Labute approximate surface area is 182 Å². The highest BCUT2D eigenvalue weighted by molar-refractivity contribution is 5.79. The SMILES string of the molecule is CCCCN1CCC(NC(=NC)NCc2cccc(COC3CCOCC3)c2)CC1. The van der Waals surface area contributed by atoms with Crippen LogP contribution in [0.1, 0.15) is 56.6 Å². The van der Waals surface area contributed by atoms with Crippen LogP contribution in [0.4, 0.5) is 0 Å². The molecule has 0 radical (unpaired) electrons. The molecular formula is C24H40N4O2. The largest absolute Gasteiger partial charge is 0.381 e. The first-order valence-electron chi connectivity index (χ1n) is 11.7. The van der Waals surface area contributed by atoms with Gasteiger partial charge in [0, 0.05) is 45.9 Å². The quantitative estimate of drug-likeness (QED) is 0.478. The molecule has 0 atom stereocenters. The average molecular weight is 417 g/mol. The number of aliphatic imine (C=N–C) groups is 1. The number of ether oxygens (including phenoxy) is 2. The number of likely N-dealkylation sites (tertiary alicyclic amines) is 1. The van der Waals surface area contributed by atoms with Gasteiger partial charge in [-0.25, -0.2) is 0 Å². The van der Waals surface area contributed by atoms with Gasteiger partial charge < -0.3 is 25.0 Å². The van der Waals surface area contributed by atoms with E-state index >= 15 is 0 Å². The molecular weight excluding hydrogens is 376 g/mol. The van der Waals surface area contributed by atoms with Crippen LogP contribution in [-0.2, 0) is 22.6 Å². The number of rotatable bonds is 9. The summed E-state index contributed by atoms with van der Waals surface area (Å²) in [5, 5.41) is 7.09. The van der Waals surface area contributed by atoms with Gasteiger partial charge in [-0.2, -0.15) is 0 Å². The lowest BCUT2D eigenvalue weighted by Gasteiger charge is -2.33. The van der Waals surface area contributed by atoms with Crippen LogP contribution in [0.25, 0.3) is 0 Å². The van der Waals surface area contributed by atoms with E-state index in [1.54, 1.807) is 0 Å². The van der Waals surface area contributed by atoms with Crippen LogP contribution in [0, 0.1) is 0 Å². The number of hydrogen-bond donors (Lipinski definition) is 2. The summed E-state index contributed by atoms with van der Waals surface area (Å²) in [7, 11) is 1.85. The number of piperidine rings is 1. The van der Waals surface area contributed by atoms with Crippen molar-refractivity contribution in [2.75, 3.05) is 39.9 Å². The minimum atomic E-state index is 0.331. The lowest BCUT2D eigenvalue weighted by Crippen LogP contribution is -2.48. The third-order valence-corrected chi connectivity index (χ3v) is 6.09. The van der Waals surface area contributed by atoms with Crippen LogP contribution in [0.3, 0.4) is 0 Å². The van der Waals surface area contributed by atoms with Crippen molar-refractivity contribution >= 4 is 5.96 Å². The maximum atomic E-state index is 6.06. The molecule has 1 aromatic carbocycles. The van der Waals surface area contributed by atoms with Crippen LogP contribution in [0.5, 0.6) is 0 Å². The van der Waals surface area contributed by atoms with Crippen LogP contribution in [0.2, 0.25) is 0 Å². The van der Waals surface area contributed by atoms with Crippen LogP contribution in [0.15, 0.2) is 29.3 Å². The summed E-state index contributed by atoms with van der Waals surface area (Å²) >= 11 is 0. The van der Waals surface area contributed by atoms with E-state index in [0.717, 1.165) is 38.6 Å². The molecule has 30 heavy (non-hydrogen) atoms. The number of unbranched alkanes of at least 4 members (excludes halogenated alkanes) is 1. The Morgan fingerprint density at radius 1 is 1.17 bits per heavy atom. The molecule has 2 aliphatic rings. The minimum Gasteiger partial charge on any atom is -0.381 e. The first kappa shape index (κ1) is 23.0. The molecule has 2 fully saturated rings. The van der Waals surface area contributed by atoms with E-state index in [-0.39, 0.29) is 0 Å². The van der Waals surface area contributed by atoms with Gasteiger partial charge in [0.25, 0.3) is 0 Å². The van der Waals surface area contributed by atoms with Crippen molar-refractivity contribution in [3.8, 4) is 0 Å². The zero-order valence-corrected chi connectivity index (χ0v) is 18.9. The Morgan fingerprint density at radius 3 is 2.67 bits per heavy atom. The maximum Gasteiger partial charge on any atom is 0.191 e. The Balaban J connectivity index is 1.39. The number of benzene rings is 1. The number of nitrogens with zero attached hydrogens (tertiary/aromatic N) is 2. The van der Waals surface area contributed by atoms with E-state index in [4.69, 9.17) is 9.47 Å². The van der Waals surface area contributed by atoms with Gasteiger partial charge in [-0.1, -0.05) is 37.6 Å². The number of guanidine groups is 1. The number of hydrogen-bond acceptors (Lipinski definition) is 4. The molecule has 0 spiro atoms. The molecule has 6 heteroatoms. The number of nitrogens with one attached hydrogen (secondary N) is 2. The molecule has 3 rings (SSSR count). The second-order valence-electron chi connectivity index (χ2n) is 8.48. The van der Waals surface area contributed by atoms with Gasteiger partial charge in [-0.3, -0.25) is 4.99 Å². The highest BCUT2D eigenvalue weighted by Gasteiger charge is 2.19. The van der Waals surface area contributed by atoms with Crippen molar-refractivity contribution in [1.82, 2.24) is 15.5 Å². The summed E-state index contributed by atoms with van der Waals surface area (Å²) in [5.74, 6) is 0.894. The third-order valence-electron chi connectivity index (χ3n) is 6.09. The molecule has 168 valence electrons. The lowest BCUT2D eigenvalue weighted by molar-refractivity contribution is -0.0390. The smallest absolute Gasteiger partial charge is 0.191 e. The molecule has 0 unspecified atom stereocenters. The molecule has 0 bridgehead atoms. The molecule has 0 amide bonds. The van der Waals surface area contributed by atoms with Gasteiger partial charge in [0.05, 0.1) is 12.7 Å². The third kappa shape index (κ3) is 7.89. The maximum absolute atomic E-state index is 6.06. The lowest BCUT2D eigenvalue weighted by atomic mass is 10.0. The predicted molar refractivity (Wildman–Crippen MR) is 123 cm³/mol. The summed E-state index contributed by atoms with van der Waals surface area (Å²) in [6, 6.07) is 9.15. The Hall–Kier alpha value is -1.63. The van der Waals surface area contributed by atoms with Crippen molar-refractivity contribution in [2.24, 2.45) is 4.99 Å². The van der Waals surface area contributed by atoms with Gasteiger partial charge in [-0.15, -0.1) is 0 Å². The van der Waals surface area contributed by atoms with Gasteiger partial charge in [0.2, 0.25) is 0 Å². The highest BCUT2D eigenvalue weighted by Crippen LogP contribution is 2.15. The van der Waals surface area contributed by atoms with E-state index in [9.17, 15) is 0 Å². The van der Waals surface area contributed by atoms with E-state index < -0.39 is 0 Å². The Bertz CT molecular complexity index is 638. The zero-order chi connectivity index (χ0) is 21.0. The van der Waals surface area contributed by atoms with Crippen molar-refractivity contribution in [1.29, 1.82) is 0 Å². The summed E-state index contributed by atoms with van der Waals surface area (Å²) in [5.41, 5.74) is 2.48. The monoisotopic (exact) mass is 416 g/mol. The first-order valence-corrected chi connectivity index (χ1v) is 11.7. The van der Waals surface area contributed by atoms with Gasteiger partial charge in [0.1, 0.15) is 0 Å². The summed E-state index contributed by atoms with van der Waals surface area (Å²) in [6.45, 7) is 8.94. The predicted octanol–water partition coefficient (Wildman–Crippen LogP) is 3.31. The van der Waals surface area contributed by atoms with Gasteiger partial charge in [0.15, 0.2) is 5.96 Å². The van der Waals surface area contributed by atoms with Crippen molar-refractivity contribution in [3.63, 3.8) is 0 Å². The fourth-order valence-electron chi connectivity index (χ4n) is 4.14. The Morgan fingerprint density at radius 2 is 1.93 bits per heavy atom. The summed E-state index contributed by atoms with van der Waals surface area (Å²) in [4.78, 5) is 7.02. The zero-order valence-electron chi connectivity index (χ0n) is 18.9. The summed E-state index contributed by atoms with van der Waals surface area (Å²) in [6.07, 6.45) is 7.28. The standard InChI is InChI=1S/C24H40N4O2/c1-3-4-12-28-13-8-22(9-14-28)27-24(25-2)26-18-20-6-5-7-21(17-20)19-30-23-10-15-29-16-11-23/h5-7,17,22-23H,3-4,8-16,18-19H2,1-2H3,(H2,25,26,27). The van der Waals surface area contributed by atoms with E-state index in [1.807, 2.05) is 7.05 Å². The topological polar surface area (TPSA) is 58.1 Å². The highest BCUT2D eigenvalue weighted by atomic mass is 16.5. The summed E-state index contributed by atoms with van der Waals surface area (Å²) < 4.78 is 11.5. The molecule has 1 aromatic rings. The van der Waals surface area contributed by atoms with E-state index in [2.05, 4.69) is 51.7 Å². The van der Waals surface area contributed by atoms with Crippen LogP contribution < -0.4 is 10.6 Å². The molecule has 0 aliphatic carbocycles. The van der Waals surface area contributed by atoms with Gasteiger partial charge >= 0.3 is 0 Å². The fourth-order valence-corrected chi connectivity index (χ4v) is 4.14. The van der Waals surface area contributed by atoms with E-state index in [0.29, 0.717) is 18.8 Å². The molecule has 2 N–H and O–H groups in total. The van der Waals surface area contributed by atoms with Crippen LogP contribution in [-0.4, -0.2) is 62.9 Å². The molecule has 2 heterocycles. The molecule has 2 saturated heterocycles. The molecule has 0 saturated carbocycles. The second-order valence-corrected chi connectivity index (χ2v) is 8.48. The van der Waals surface area contributed by atoms with Crippen molar-refractivity contribution in [2.45, 2.75) is 70.7 Å². The van der Waals surface area contributed by atoms with Crippen molar-refractivity contribution < 1.29 is 9.47 Å². The van der Waals surface area contributed by atoms with Gasteiger partial charge in [-0.05, 0) is 49.8 Å².